The fourth-order valence-electron chi connectivity index (χ4n) is 1.93. The second kappa shape index (κ2) is 7.32. The number of hydrogen-bond acceptors (Lipinski definition) is 5. The van der Waals surface area contributed by atoms with Crippen molar-refractivity contribution in [1.29, 1.82) is 0 Å². The largest absolute Gasteiger partial charge is 0.337 e. The molecule has 0 spiro atoms. The third kappa shape index (κ3) is 4.48. The molecule has 1 heterocycles. The normalized spacial score (nSPS) is 11.8. The minimum absolute atomic E-state index is 0.227. The molecule has 2 aromatic rings. The number of thiazole rings is 1. The number of aryl methyl sites for hydroxylation is 1. The molecule has 0 unspecified atom stereocenters. The molecule has 0 bridgehead atoms. The number of rotatable bonds is 7. The van der Waals surface area contributed by atoms with Crippen molar-refractivity contribution in [3.63, 3.8) is 0 Å². The molecule has 0 aliphatic heterocycles. The van der Waals surface area contributed by atoms with Gasteiger partial charge in [0.25, 0.3) is 0 Å². The minimum atomic E-state index is -3.08. The monoisotopic (exact) mass is 325 g/mol. The van der Waals surface area contributed by atoms with Crippen LogP contribution in [-0.2, 0) is 19.8 Å². The van der Waals surface area contributed by atoms with Crippen LogP contribution in [0, 0.1) is 6.92 Å². The summed E-state index contributed by atoms with van der Waals surface area (Å²) in [6.45, 7) is 6.41. The first-order valence-corrected chi connectivity index (χ1v) is 9.56. The van der Waals surface area contributed by atoms with Gasteiger partial charge in [-0.1, -0.05) is 29.8 Å². The summed E-state index contributed by atoms with van der Waals surface area (Å²) in [5, 5.41) is 2.75. The zero-order chi connectivity index (χ0) is 15.3. The molecule has 4 nitrogen and oxygen atoms in total. The number of nitrogens with zero attached hydrogens (tertiary/aromatic N) is 1. The van der Waals surface area contributed by atoms with Crippen molar-refractivity contribution in [3.05, 3.63) is 40.2 Å². The van der Waals surface area contributed by atoms with Crippen molar-refractivity contribution in [1.82, 2.24) is 4.98 Å². The summed E-state index contributed by atoms with van der Waals surface area (Å²) >= 11 is 1.48. The Bertz CT molecular complexity index is 614. The maximum atomic E-state index is 12.5. The molecule has 0 saturated heterocycles. The topological polar surface area (TPSA) is 48.4 Å². The summed E-state index contributed by atoms with van der Waals surface area (Å²) in [5.41, 5.74) is 3.17. The highest BCUT2D eigenvalue weighted by atomic mass is 32.1. The van der Waals surface area contributed by atoms with Crippen molar-refractivity contribution in [2.24, 2.45) is 0 Å². The van der Waals surface area contributed by atoms with E-state index in [0.717, 1.165) is 16.3 Å². The number of benzene rings is 1. The average molecular weight is 325 g/mol. The number of aromatic nitrogens is 1. The van der Waals surface area contributed by atoms with E-state index in [1.54, 1.807) is 0 Å². The highest BCUT2D eigenvalue weighted by Gasteiger charge is 2.25. The fourth-order valence-corrected chi connectivity index (χ4v) is 4.73. The third-order valence-corrected chi connectivity index (χ3v) is 5.93. The third-order valence-electron chi connectivity index (χ3n) is 2.88. The van der Waals surface area contributed by atoms with E-state index in [4.69, 9.17) is 9.05 Å². The van der Waals surface area contributed by atoms with Gasteiger partial charge in [0.2, 0.25) is 0 Å². The second-order valence-electron chi connectivity index (χ2n) is 4.60. The van der Waals surface area contributed by atoms with Gasteiger partial charge in [-0.2, -0.15) is 0 Å². The van der Waals surface area contributed by atoms with Crippen molar-refractivity contribution in [2.45, 2.75) is 26.9 Å². The minimum Gasteiger partial charge on any atom is -0.309 e. The van der Waals surface area contributed by atoms with Gasteiger partial charge in [0.15, 0.2) is 0 Å². The summed E-state index contributed by atoms with van der Waals surface area (Å²) in [6.07, 6.45) is 0.227. The van der Waals surface area contributed by atoms with Crippen molar-refractivity contribution in [3.8, 4) is 11.3 Å². The van der Waals surface area contributed by atoms with Gasteiger partial charge in [-0.3, -0.25) is 4.57 Å². The molecule has 0 fully saturated rings. The second-order valence-corrected chi connectivity index (χ2v) is 7.59. The van der Waals surface area contributed by atoms with E-state index in [0.29, 0.717) is 13.2 Å². The lowest BCUT2D eigenvalue weighted by Crippen LogP contribution is -1.98. The Hall–Kier alpha value is -1.00. The van der Waals surface area contributed by atoms with Gasteiger partial charge in [0.05, 0.1) is 18.9 Å². The summed E-state index contributed by atoms with van der Waals surface area (Å²) in [6, 6.07) is 8.19. The smallest absolute Gasteiger partial charge is 0.309 e. The van der Waals surface area contributed by atoms with Crippen LogP contribution in [0.3, 0.4) is 0 Å². The van der Waals surface area contributed by atoms with E-state index in [1.165, 1.54) is 16.9 Å². The van der Waals surface area contributed by atoms with Crippen molar-refractivity contribution < 1.29 is 13.6 Å². The van der Waals surface area contributed by atoms with E-state index in [9.17, 15) is 4.57 Å². The van der Waals surface area contributed by atoms with Crippen molar-refractivity contribution >= 4 is 18.9 Å². The predicted molar refractivity (Wildman–Crippen MR) is 86.8 cm³/mol. The van der Waals surface area contributed by atoms with E-state index in [-0.39, 0.29) is 6.16 Å². The Morgan fingerprint density at radius 3 is 2.33 bits per heavy atom. The van der Waals surface area contributed by atoms with Crippen LogP contribution >= 0.6 is 18.9 Å². The van der Waals surface area contributed by atoms with Crippen LogP contribution in [0.15, 0.2) is 29.6 Å². The fraction of sp³-hybridized carbons (Fsp3) is 0.400. The quantitative estimate of drug-likeness (QED) is 0.680. The highest BCUT2D eigenvalue weighted by molar-refractivity contribution is 7.53. The molecule has 6 heteroatoms. The molecule has 0 aliphatic rings. The van der Waals surface area contributed by atoms with E-state index in [2.05, 4.69) is 24.0 Å². The lowest BCUT2D eigenvalue weighted by molar-refractivity contribution is 0.219. The highest BCUT2D eigenvalue weighted by Crippen LogP contribution is 2.51. The molecular formula is C15H20NO3PS. The van der Waals surface area contributed by atoms with Gasteiger partial charge >= 0.3 is 7.60 Å². The summed E-state index contributed by atoms with van der Waals surface area (Å²) in [7, 11) is -3.08. The standard InChI is InChI=1S/C15H20NO3PS/c1-4-18-20(17,19-5-2)10-15-16-14(11-21-15)13-8-6-12(3)7-9-13/h6-9,11H,4-5,10H2,1-3H3. The van der Waals surface area contributed by atoms with Gasteiger partial charge < -0.3 is 9.05 Å². The van der Waals surface area contributed by atoms with Crippen LogP contribution in [0.4, 0.5) is 0 Å². The van der Waals surface area contributed by atoms with E-state index >= 15 is 0 Å². The zero-order valence-corrected chi connectivity index (χ0v) is 14.2. The Balaban J connectivity index is 2.15. The van der Waals surface area contributed by atoms with E-state index in [1.807, 2.05) is 31.4 Å². The van der Waals surface area contributed by atoms with Gasteiger partial charge in [-0.15, -0.1) is 11.3 Å². The Morgan fingerprint density at radius 1 is 1.14 bits per heavy atom. The Labute approximate surface area is 129 Å². The lowest BCUT2D eigenvalue weighted by Gasteiger charge is -2.15. The maximum Gasteiger partial charge on any atom is 0.337 e. The van der Waals surface area contributed by atoms with Gasteiger partial charge in [-0.05, 0) is 20.8 Å². The van der Waals surface area contributed by atoms with E-state index < -0.39 is 7.60 Å². The van der Waals surface area contributed by atoms with Gasteiger partial charge in [0, 0.05) is 10.9 Å². The molecule has 0 saturated carbocycles. The lowest BCUT2D eigenvalue weighted by atomic mass is 10.1. The SMILES string of the molecule is CCOP(=O)(Cc1nc(-c2ccc(C)cc2)cs1)OCC. The first kappa shape index (κ1) is 16.4. The zero-order valence-electron chi connectivity index (χ0n) is 12.5. The molecule has 114 valence electrons. The first-order valence-electron chi connectivity index (χ1n) is 6.96. The van der Waals surface area contributed by atoms with Gasteiger partial charge in [-0.25, -0.2) is 4.98 Å². The van der Waals surface area contributed by atoms with Gasteiger partial charge in [0.1, 0.15) is 11.2 Å². The predicted octanol–water partition coefficient (Wildman–Crippen LogP) is 4.88. The van der Waals surface area contributed by atoms with Crippen LogP contribution in [0.25, 0.3) is 11.3 Å². The summed E-state index contributed by atoms with van der Waals surface area (Å²) in [4.78, 5) is 4.55. The van der Waals surface area contributed by atoms with Crippen LogP contribution < -0.4 is 0 Å². The summed E-state index contributed by atoms with van der Waals surface area (Å²) < 4.78 is 23.1. The van der Waals surface area contributed by atoms with Crippen LogP contribution in [0.1, 0.15) is 24.4 Å². The molecule has 0 atom stereocenters. The summed E-state index contributed by atoms with van der Waals surface area (Å²) in [5.74, 6) is 0. The first-order chi connectivity index (χ1) is 10.1. The Kier molecular flexibility index (Phi) is 5.71. The molecule has 1 aromatic heterocycles. The molecular weight excluding hydrogens is 305 g/mol. The van der Waals surface area contributed by atoms with Crippen molar-refractivity contribution in [2.75, 3.05) is 13.2 Å². The molecule has 0 aliphatic carbocycles. The molecule has 1 aromatic carbocycles. The van der Waals surface area contributed by atoms with Crippen LogP contribution in [-0.4, -0.2) is 18.2 Å². The van der Waals surface area contributed by atoms with Crippen LogP contribution in [0.5, 0.6) is 0 Å². The molecule has 2 rings (SSSR count). The number of hydrogen-bond donors (Lipinski definition) is 0. The molecule has 0 radical (unpaired) electrons. The maximum absolute atomic E-state index is 12.5. The molecule has 21 heavy (non-hydrogen) atoms. The van der Waals surface area contributed by atoms with Crippen LogP contribution in [0.2, 0.25) is 0 Å². The molecule has 0 amide bonds. The average Bonchev–Trinajstić information content (AvgIpc) is 2.88. The molecule has 0 N–H and O–H groups in total. The Morgan fingerprint density at radius 2 is 1.76 bits per heavy atom.